The van der Waals surface area contributed by atoms with E-state index in [1.807, 2.05) is 4.90 Å². The van der Waals surface area contributed by atoms with Gasteiger partial charge < -0.3 is 9.47 Å². The smallest absolute Gasteiger partial charge is 0.184 e. The molecule has 26 heavy (non-hydrogen) atoms. The van der Waals surface area contributed by atoms with Gasteiger partial charge in [-0.05, 0) is 37.1 Å². The summed E-state index contributed by atoms with van der Waals surface area (Å²) < 4.78 is 61.9. The second kappa shape index (κ2) is 7.10. The highest BCUT2D eigenvalue weighted by Crippen LogP contribution is 2.33. The number of rotatable bonds is 4. The molecule has 0 N–H and O–H groups in total. The molecule has 0 aromatic heterocycles. The molecule has 2 fully saturated rings. The van der Waals surface area contributed by atoms with Gasteiger partial charge in [0.1, 0.15) is 5.75 Å². The van der Waals surface area contributed by atoms with Crippen LogP contribution in [0.25, 0.3) is 0 Å². The topological polar surface area (TPSA) is 90.0 Å². The van der Waals surface area contributed by atoms with Crippen molar-refractivity contribution in [1.82, 2.24) is 4.90 Å². The zero-order chi connectivity index (χ0) is 19.1. The lowest BCUT2D eigenvalue weighted by molar-refractivity contribution is 0.0222. The number of aryl methyl sites for hydroxylation is 2. The molecule has 2 heterocycles. The molecule has 0 bridgehead atoms. The van der Waals surface area contributed by atoms with Crippen molar-refractivity contribution in [2.24, 2.45) is 0 Å². The molecule has 146 valence electrons. The van der Waals surface area contributed by atoms with E-state index in [4.69, 9.17) is 9.47 Å². The number of methoxy groups -OCH3 is 1. The van der Waals surface area contributed by atoms with Gasteiger partial charge >= 0.3 is 0 Å². The second-order valence-corrected chi connectivity index (χ2v) is 11.3. The summed E-state index contributed by atoms with van der Waals surface area (Å²) in [6.07, 6.45) is 0. The number of nitrogens with zero attached hydrogens (tertiary/aromatic N) is 1. The van der Waals surface area contributed by atoms with Crippen molar-refractivity contribution in [3.8, 4) is 5.75 Å². The van der Waals surface area contributed by atoms with E-state index in [0.29, 0.717) is 43.2 Å². The third-order valence-corrected chi connectivity index (χ3v) is 9.44. The molecule has 0 spiro atoms. The third-order valence-electron chi connectivity index (χ3n) is 5.18. The van der Waals surface area contributed by atoms with Crippen molar-refractivity contribution in [3.05, 3.63) is 23.3 Å². The SMILES string of the molecule is COc1cc(C)c(S(=O)(=O)[C@H]2CS(=O)(=O)C[C@@H]2N2CCOCC2)cc1C. The van der Waals surface area contributed by atoms with Crippen LogP contribution in [0.2, 0.25) is 0 Å². The fraction of sp³-hybridized carbons (Fsp3) is 0.647. The van der Waals surface area contributed by atoms with E-state index in [1.54, 1.807) is 26.0 Å². The lowest BCUT2D eigenvalue weighted by atomic mass is 10.1. The molecule has 3 rings (SSSR count). The Balaban J connectivity index is 2.02. The predicted octanol–water partition coefficient (Wildman–Crippen LogP) is 0.584. The van der Waals surface area contributed by atoms with E-state index < -0.39 is 31.0 Å². The molecule has 0 saturated carbocycles. The summed E-state index contributed by atoms with van der Waals surface area (Å²) in [6.45, 7) is 5.57. The highest BCUT2D eigenvalue weighted by molar-refractivity contribution is 7.96. The normalized spacial score (nSPS) is 26.7. The van der Waals surface area contributed by atoms with Crippen molar-refractivity contribution in [3.63, 3.8) is 0 Å². The summed E-state index contributed by atoms with van der Waals surface area (Å²) in [5, 5.41) is -0.961. The number of morpholine rings is 1. The lowest BCUT2D eigenvalue weighted by Gasteiger charge is -2.34. The maximum atomic E-state index is 13.4. The van der Waals surface area contributed by atoms with Crippen LogP contribution in [0, 0.1) is 13.8 Å². The van der Waals surface area contributed by atoms with Gasteiger partial charge in [0.15, 0.2) is 19.7 Å². The first-order valence-corrected chi connectivity index (χ1v) is 11.9. The lowest BCUT2D eigenvalue weighted by Crippen LogP contribution is -2.50. The second-order valence-electron chi connectivity index (χ2n) is 6.96. The van der Waals surface area contributed by atoms with Crippen LogP contribution in [0.3, 0.4) is 0 Å². The van der Waals surface area contributed by atoms with Gasteiger partial charge in [-0.25, -0.2) is 16.8 Å². The maximum absolute atomic E-state index is 13.4. The highest BCUT2D eigenvalue weighted by Gasteiger charge is 2.48. The molecule has 2 atom stereocenters. The van der Waals surface area contributed by atoms with Crippen LogP contribution in [0.5, 0.6) is 5.75 Å². The summed E-state index contributed by atoms with van der Waals surface area (Å²) >= 11 is 0. The molecule has 0 aliphatic carbocycles. The Bertz CT molecular complexity index is 888. The van der Waals surface area contributed by atoms with E-state index in [-0.39, 0.29) is 16.4 Å². The molecular formula is C17H25NO6S2. The van der Waals surface area contributed by atoms with Gasteiger partial charge in [0, 0.05) is 19.1 Å². The Kier molecular flexibility index (Phi) is 5.35. The summed E-state index contributed by atoms with van der Waals surface area (Å²) in [7, 11) is -5.68. The fourth-order valence-electron chi connectivity index (χ4n) is 3.80. The van der Waals surface area contributed by atoms with E-state index >= 15 is 0 Å². The first-order chi connectivity index (χ1) is 12.2. The highest BCUT2D eigenvalue weighted by atomic mass is 32.2. The number of hydrogen-bond donors (Lipinski definition) is 0. The van der Waals surface area contributed by atoms with Gasteiger partial charge in [-0.2, -0.15) is 0 Å². The molecule has 0 amide bonds. The molecule has 1 aromatic carbocycles. The van der Waals surface area contributed by atoms with Crippen molar-refractivity contribution in [2.45, 2.75) is 30.0 Å². The van der Waals surface area contributed by atoms with Gasteiger partial charge in [0.25, 0.3) is 0 Å². The Hall–Kier alpha value is -1.16. The molecule has 1 aromatic rings. The summed E-state index contributed by atoms with van der Waals surface area (Å²) in [6, 6.07) is 2.75. The average molecular weight is 404 g/mol. The summed E-state index contributed by atoms with van der Waals surface area (Å²) in [5.41, 5.74) is 1.28. The van der Waals surface area contributed by atoms with Gasteiger partial charge in [0.2, 0.25) is 0 Å². The Morgan fingerprint density at radius 3 is 2.38 bits per heavy atom. The third kappa shape index (κ3) is 3.62. The van der Waals surface area contributed by atoms with Gasteiger partial charge in [0.05, 0.1) is 42.0 Å². The van der Waals surface area contributed by atoms with Crippen molar-refractivity contribution >= 4 is 19.7 Å². The summed E-state index contributed by atoms with van der Waals surface area (Å²) in [5.74, 6) is 0.165. The molecule has 2 aliphatic heterocycles. The number of benzene rings is 1. The standard InChI is InChI=1S/C17H25NO6S2/c1-12-9-16(13(2)8-15(12)23-3)26(21,22)17-11-25(19,20)10-14(17)18-4-6-24-7-5-18/h8-9,14,17H,4-7,10-11H2,1-3H3/t14-,17-/m0/s1. The van der Waals surface area contributed by atoms with E-state index in [0.717, 1.165) is 0 Å². The monoisotopic (exact) mass is 403 g/mol. The molecule has 2 aliphatic rings. The minimum absolute atomic E-state index is 0.120. The first kappa shape index (κ1) is 19.6. The maximum Gasteiger partial charge on any atom is 0.184 e. The molecule has 2 saturated heterocycles. The molecule has 0 radical (unpaired) electrons. The van der Waals surface area contributed by atoms with Crippen LogP contribution in [0.1, 0.15) is 11.1 Å². The van der Waals surface area contributed by atoms with Crippen molar-refractivity contribution in [1.29, 1.82) is 0 Å². The van der Waals surface area contributed by atoms with Gasteiger partial charge in [-0.3, -0.25) is 4.90 Å². The molecule has 7 nitrogen and oxygen atoms in total. The average Bonchev–Trinajstić information content (AvgIpc) is 2.93. The minimum atomic E-state index is -3.80. The fourth-order valence-corrected chi connectivity index (χ4v) is 8.94. The Morgan fingerprint density at radius 2 is 1.77 bits per heavy atom. The molecular weight excluding hydrogens is 378 g/mol. The molecule has 0 unspecified atom stereocenters. The van der Waals surface area contributed by atoms with E-state index in [1.165, 1.54) is 7.11 Å². The van der Waals surface area contributed by atoms with E-state index in [9.17, 15) is 16.8 Å². The van der Waals surface area contributed by atoms with Crippen LogP contribution in [-0.4, -0.2) is 77.9 Å². The van der Waals surface area contributed by atoms with Crippen LogP contribution in [-0.2, 0) is 24.4 Å². The van der Waals surface area contributed by atoms with Crippen LogP contribution < -0.4 is 4.74 Å². The zero-order valence-electron chi connectivity index (χ0n) is 15.3. The first-order valence-electron chi connectivity index (χ1n) is 8.57. The minimum Gasteiger partial charge on any atom is -0.496 e. The molecule has 9 heteroatoms. The summed E-state index contributed by atoms with van der Waals surface area (Å²) in [4.78, 5) is 2.14. The van der Waals surface area contributed by atoms with Gasteiger partial charge in [-0.15, -0.1) is 0 Å². The van der Waals surface area contributed by atoms with Crippen LogP contribution in [0.4, 0.5) is 0 Å². The van der Waals surface area contributed by atoms with Crippen molar-refractivity contribution < 1.29 is 26.3 Å². The van der Waals surface area contributed by atoms with E-state index in [2.05, 4.69) is 0 Å². The number of sulfone groups is 2. The quantitative estimate of drug-likeness (QED) is 0.726. The van der Waals surface area contributed by atoms with Crippen molar-refractivity contribution in [2.75, 3.05) is 44.9 Å². The van der Waals surface area contributed by atoms with Gasteiger partial charge in [-0.1, -0.05) is 0 Å². The largest absolute Gasteiger partial charge is 0.496 e. The predicted molar refractivity (Wildman–Crippen MR) is 98.3 cm³/mol. The Morgan fingerprint density at radius 1 is 1.12 bits per heavy atom. The number of ether oxygens (including phenoxy) is 2. The van der Waals surface area contributed by atoms with Crippen LogP contribution >= 0.6 is 0 Å². The van der Waals surface area contributed by atoms with Crippen LogP contribution in [0.15, 0.2) is 17.0 Å². The zero-order valence-corrected chi connectivity index (χ0v) is 16.9. The number of hydrogen-bond acceptors (Lipinski definition) is 7. The Labute approximate surface area is 155 Å².